The second-order valence-electron chi connectivity index (χ2n) is 5.50. The molecular weight excluding hydrogens is 327 g/mol. The highest BCUT2D eigenvalue weighted by Gasteiger charge is 2.24. The van der Waals surface area contributed by atoms with Gasteiger partial charge >= 0.3 is 8.25 Å². The predicted octanol–water partition coefficient (Wildman–Crippen LogP) is 2.88. The molecule has 2 unspecified atom stereocenters. The Bertz CT molecular complexity index is 552. The molecule has 0 aromatic heterocycles. The van der Waals surface area contributed by atoms with E-state index < -0.39 is 20.5 Å². The molecule has 5 nitrogen and oxygen atoms in total. The van der Waals surface area contributed by atoms with E-state index in [0.717, 1.165) is 11.1 Å². The van der Waals surface area contributed by atoms with Crippen molar-refractivity contribution in [2.24, 2.45) is 0 Å². The minimum Gasteiger partial charge on any atom is -0.390 e. The van der Waals surface area contributed by atoms with Gasteiger partial charge in [0.1, 0.15) is 13.2 Å². The van der Waals surface area contributed by atoms with Crippen molar-refractivity contribution in [2.45, 2.75) is 25.0 Å². The molecule has 0 bridgehead atoms. The fourth-order valence-electron chi connectivity index (χ4n) is 2.22. The Morgan fingerprint density at radius 1 is 0.750 bits per heavy atom. The van der Waals surface area contributed by atoms with E-state index in [9.17, 15) is 14.8 Å². The maximum Gasteiger partial charge on any atom is 0.697 e. The molecule has 6 heteroatoms. The van der Waals surface area contributed by atoms with Crippen LogP contribution < -0.4 is 0 Å². The summed E-state index contributed by atoms with van der Waals surface area (Å²) in [5.74, 6) is 0. The summed E-state index contributed by atoms with van der Waals surface area (Å²) >= 11 is 0. The van der Waals surface area contributed by atoms with Gasteiger partial charge in [-0.25, -0.2) is 0 Å². The quantitative estimate of drug-likeness (QED) is 0.645. The third kappa shape index (κ3) is 7.30. The molecule has 0 radical (unpaired) electrons. The van der Waals surface area contributed by atoms with E-state index in [2.05, 4.69) is 0 Å². The van der Waals surface area contributed by atoms with E-state index in [-0.39, 0.29) is 13.2 Å². The van der Waals surface area contributed by atoms with Gasteiger partial charge in [0.25, 0.3) is 0 Å². The number of rotatable bonds is 10. The lowest BCUT2D eigenvalue weighted by atomic mass is 10.1. The molecule has 0 aliphatic rings. The fraction of sp³-hybridized carbons (Fsp3) is 0.333. The highest BCUT2D eigenvalue weighted by atomic mass is 31.1. The number of hydrogen-bond donors (Lipinski definition) is 2. The number of aliphatic hydroxyl groups excluding tert-OH is 2. The lowest BCUT2D eigenvalue weighted by Crippen LogP contribution is -2.18. The Morgan fingerprint density at radius 2 is 1.12 bits per heavy atom. The molecule has 0 spiro atoms. The van der Waals surface area contributed by atoms with Crippen molar-refractivity contribution < 1.29 is 23.8 Å². The zero-order valence-electron chi connectivity index (χ0n) is 13.3. The van der Waals surface area contributed by atoms with Crippen LogP contribution in [-0.4, -0.2) is 35.6 Å². The Kier molecular flexibility index (Phi) is 8.02. The van der Waals surface area contributed by atoms with E-state index in [1.165, 1.54) is 0 Å². The van der Waals surface area contributed by atoms with Crippen LogP contribution in [0.2, 0.25) is 0 Å². The molecule has 0 aliphatic heterocycles. The van der Waals surface area contributed by atoms with Crippen LogP contribution >= 0.6 is 8.25 Å². The average molecular weight is 349 g/mol. The van der Waals surface area contributed by atoms with Gasteiger partial charge in [-0.05, 0) is 11.1 Å². The summed E-state index contributed by atoms with van der Waals surface area (Å²) in [6.07, 6.45) is -0.685. The van der Waals surface area contributed by atoms with Crippen molar-refractivity contribution in [2.75, 3.05) is 13.2 Å². The van der Waals surface area contributed by atoms with Gasteiger partial charge in [-0.3, -0.25) is 0 Å². The monoisotopic (exact) mass is 349 g/mol. The summed E-state index contributed by atoms with van der Waals surface area (Å²) in [7, 11) is -2.36. The predicted molar refractivity (Wildman–Crippen MR) is 91.8 cm³/mol. The van der Waals surface area contributed by atoms with Crippen molar-refractivity contribution >= 4 is 8.25 Å². The second-order valence-corrected chi connectivity index (χ2v) is 6.47. The minimum atomic E-state index is -2.36. The zero-order valence-corrected chi connectivity index (χ0v) is 14.2. The Labute approximate surface area is 142 Å². The molecule has 0 amide bonds. The summed E-state index contributed by atoms with van der Waals surface area (Å²) in [4.78, 5) is 0. The van der Waals surface area contributed by atoms with E-state index in [1.54, 1.807) is 0 Å². The third-order valence-electron chi connectivity index (χ3n) is 3.37. The van der Waals surface area contributed by atoms with Gasteiger partial charge in [0.15, 0.2) is 0 Å². The molecule has 2 aromatic rings. The highest BCUT2D eigenvalue weighted by molar-refractivity contribution is 7.33. The Balaban J connectivity index is 1.62. The molecule has 2 N–H and O–H groups in total. The summed E-state index contributed by atoms with van der Waals surface area (Å²) < 4.78 is 21.6. The summed E-state index contributed by atoms with van der Waals surface area (Å²) in [5.41, 5.74) is 1.95. The first-order chi connectivity index (χ1) is 11.6. The van der Waals surface area contributed by atoms with Gasteiger partial charge in [-0.2, -0.15) is 0 Å². The van der Waals surface area contributed by atoms with Crippen molar-refractivity contribution in [3.63, 3.8) is 0 Å². The lowest BCUT2D eigenvalue weighted by molar-refractivity contribution is 0.0772. The van der Waals surface area contributed by atoms with Crippen LogP contribution in [0.4, 0.5) is 0 Å². The van der Waals surface area contributed by atoms with Crippen LogP contribution in [0, 0.1) is 0 Å². The third-order valence-corrected chi connectivity index (χ3v) is 4.09. The molecule has 2 rings (SSSR count). The molecule has 0 fully saturated rings. The molecule has 0 aliphatic carbocycles. The van der Waals surface area contributed by atoms with Crippen LogP contribution in [0.5, 0.6) is 0 Å². The van der Waals surface area contributed by atoms with Gasteiger partial charge in [-0.1, -0.05) is 60.7 Å². The van der Waals surface area contributed by atoms with Gasteiger partial charge in [0.2, 0.25) is 0 Å². The summed E-state index contributed by atoms with van der Waals surface area (Å²) in [6, 6.07) is 19.0. The summed E-state index contributed by atoms with van der Waals surface area (Å²) in [5, 5.41) is 19.7. The topological polar surface area (TPSA) is 76.0 Å². The molecule has 2 atom stereocenters. The number of hydrogen-bond acceptors (Lipinski definition) is 5. The lowest BCUT2D eigenvalue weighted by Gasteiger charge is -2.07. The van der Waals surface area contributed by atoms with Crippen molar-refractivity contribution in [1.82, 2.24) is 0 Å². The van der Waals surface area contributed by atoms with Gasteiger partial charge in [0, 0.05) is 17.4 Å². The molecular formula is C18H22O5P+. The largest absolute Gasteiger partial charge is 0.697 e. The van der Waals surface area contributed by atoms with Crippen molar-refractivity contribution in [3.05, 3.63) is 71.8 Å². The summed E-state index contributed by atoms with van der Waals surface area (Å²) in [6.45, 7) is -0.169. The SMILES string of the molecule is O=[P+](OCC(O)Cc1ccccc1)OCC(O)Cc1ccccc1. The molecule has 0 heterocycles. The van der Waals surface area contributed by atoms with E-state index in [0.29, 0.717) is 12.8 Å². The first-order valence-corrected chi connectivity index (χ1v) is 8.90. The first kappa shape index (κ1) is 18.7. The van der Waals surface area contributed by atoms with E-state index in [1.807, 2.05) is 60.7 Å². The average Bonchev–Trinajstić information content (AvgIpc) is 2.60. The Hall–Kier alpha value is -1.62. The Morgan fingerprint density at radius 3 is 1.50 bits per heavy atom. The first-order valence-electron chi connectivity index (χ1n) is 7.80. The van der Waals surface area contributed by atoms with E-state index >= 15 is 0 Å². The van der Waals surface area contributed by atoms with Gasteiger partial charge in [-0.15, -0.1) is 9.05 Å². The van der Waals surface area contributed by atoms with Gasteiger partial charge < -0.3 is 10.2 Å². The maximum atomic E-state index is 11.6. The standard InChI is InChI=1S/C18H22O5P/c19-17(11-15-7-3-1-4-8-15)13-22-24(21)23-14-18(20)12-16-9-5-2-6-10-16/h1-10,17-20H,11-14H2/q+1. The van der Waals surface area contributed by atoms with Crippen LogP contribution in [0.25, 0.3) is 0 Å². The normalized spacial score (nSPS) is 14.2. The fourth-order valence-corrected chi connectivity index (χ4v) is 2.88. The van der Waals surface area contributed by atoms with Gasteiger partial charge in [0.05, 0.1) is 12.2 Å². The smallest absolute Gasteiger partial charge is 0.390 e. The molecule has 0 saturated carbocycles. The molecule has 24 heavy (non-hydrogen) atoms. The van der Waals surface area contributed by atoms with Crippen LogP contribution in [0.1, 0.15) is 11.1 Å². The van der Waals surface area contributed by atoms with Crippen molar-refractivity contribution in [1.29, 1.82) is 0 Å². The number of aliphatic hydroxyl groups is 2. The molecule has 0 saturated heterocycles. The maximum absolute atomic E-state index is 11.6. The highest BCUT2D eigenvalue weighted by Crippen LogP contribution is 2.24. The van der Waals surface area contributed by atoms with Crippen molar-refractivity contribution in [3.8, 4) is 0 Å². The minimum absolute atomic E-state index is 0.0844. The number of benzene rings is 2. The van der Waals surface area contributed by atoms with E-state index in [4.69, 9.17) is 9.05 Å². The van der Waals surface area contributed by atoms with Crippen LogP contribution in [0.3, 0.4) is 0 Å². The molecule has 128 valence electrons. The van der Waals surface area contributed by atoms with Crippen LogP contribution in [0.15, 0.2) is 60.7 Å². The zero-order chi connectivity index (χ0) is 17.2. The second kappa shape index (κ2) is 10.3. The molecule has 2 aromatic carbocycles. The van der Waals surface area contributed by atoms with Crippen LogP contribution in [-0.2, 0) is 26.5 Å².